The summed E-state index contributed by atoms with van der Waals surface area (Å²) in [5, 5.41) is 0. The molecule has 0 unspecified atom stereocenters. The van der Waals surface area contributed by atoms with Crippen molar-refractivity contribution in [2.75, 3.05) is 25.1 Å². The zero-order valence-corrected chi connectivity index (χ0v) is 12.4. The van der Waals surface area contributed by atoms with Gasteiger partial charge in [-0.1, -0.05) is 13.8 Å². The molecule has 0 amide bonds. The summed E-state index contributed by atoms with van der Waals surface area (Å²) in [5.74, 6) is 1.79. The number of carbonyl (C=O) groups is 1. The van der Waals surface area contributed by atoms with Crippen LogP contribution in [-0.2, 0) is 9.53 Å². The number of anilines is 1. The van der Waals surface area contributed by atoms with Crippen LogP contribution < -0.4 is 4.90 Å². The van der Waals surface area contributed by atoms with E-state index in [4.69, 9.17) is 4.74 Å². The van der Waals surface area contributed by atoms with E-state index in [-0.39, 0.29) is 11.9 Å². The summed E-state index contributed by atoms with van der Waals surface area (Å²) in [5.41, 5.74) is 0.941. The molecule has 5 nitrogen and oxygen atoms in total. The lowest BCUT2D eigenvalue weighted by molar-refractivity contribution is -0.142. The third-order valence-corrected chi connectivity index (χ3v) is 2.72. The van der Waals surface area contributed by atoms with Gasteiger partial charge in [-0.15, -0.1) is 0 Å². The van der Waals surface area contributed by atoms with Crippen LogP contribution >= 0.6 is 0 Å². The van der Waals surface area contributed by atoms with E-state index in [1.54, 1.807) is 0 Å². The first-order chi connectivity index (χ1) is 8.93. The van der Waals surface area contributed by atoms with Gasteiger partial charge in [0.1, 0.15) is 11.6 Å². The van der Waals surface area contributed by atoms with Crippen LogP contribution in [0.5, 0.6) is 0 Å². The van der Waals surface area contributed by atoms with E-state index in [1.165, 1.54) is 0 Å². The van der Waals surface area contributed by atoms with Crippen LogP contribution in [0.15, 0.2) is 6.07 Å². The highest BCUT2D eigenvalue weighted by Crippen LogP contribution is 2.16. The van der Waals surface area contributed by atoms with Gasteiger partial charge in [-0.2, -0.15) is 0 Å². The second kappa shape index (κ2) is 7.07. The topological polar surface area (TPSA) is 55.3 Å². The van der Waals surface area contributed by atoms with Gasteiger partial charge in [-0.3, -0.25) is 4.79 Å². The van der Waals surface area contributed by atoms with Crippen LogP contribution in [0.25, 0.3) is 0 Å². The molecule has 0 bridgehead atoms. The Bertz CT molecular complexity index is 433. The SMILES string of the molecule is CCOC(=O)CCN(C)c1cc(C)nc(C(C)C)n1. The molecule has 0 N–H and O–H groups in total. The highest BCUT2D eigenvalue weighted by Gasteiger charge is 2.11. The van der Waals surface area contributed by atoms with E-state index in [1.807, 2.05) is 31.9 Å². The molecular formula is C14H23N3O2. The highest BCUT2D eigenvalue weighted by molar-refractivity contribution is 5.70. The number of hydrogen-bond donors (Lipinski definition) is 0. The molecular weight excluding hydrogens is 242 g/mol. The van der Waals surface area contributed by atoms with Crippen molar-refractivity contribution >= 4 is 11.8 Å². The first-order valence-corrected chi connectivity index (χ1v) is 6.66. The van der Waals surface area contributed by atoms with Gasteiger partial charge < -0.3 is 9.64 Å². The standard InChI is InChI=1S/C14H23N3O2/c1-6-19-13(18)7-8-17(5)12-9-11(4)15-14(16-12)10(2)3/h9-10H,6-8H2,1-5H3. The maximum absolute atomic E-state index is 11.3. The van der Waals surface area contributed by atoms with Crippen molar-refractivity contribution in [3.05, 3.63) is 17.6 Å². The highest BCUT2D eigenvalue weighted by atomic mass is 16.5. The number of hydrogen-bond acceptors (Lipinski definition) is 5. The van der Waals surface area contributed by atoms with Crippen LogP contribution in [0.1, 0.15) is 44.6 Å². The van der Waals surface area contributed by atoms with Gasteiger partial charge >= 0.3 is 5.97 Å². The molecule has 0 spiro atoms. The minimum absolute atomic E-state index is 0.177. The zero-order chi connectivity index (χ0) is 14.4. The molecule has 1 rings (SSSR count). The minimum Gasteiger partial charge on any atom is -0.466 e. The average Bonchev–Trinajstić information content (AvgIpc) is 2.35. The van der Waals surface area contributed by atoms with E-state index < -0.39 is 0 Å². The van der Waals surface area contributed by atoms with E-state index in [2.05, 4.69) is 23.8 Å². The first-order valence-electron chi connectivity index (χ1n) is 6.66. The quantitative estimate of drug-likeness (QED) is 0.739. The minimum atomic E-state index is -0.177. The summed E-state index contributed by atoms with van der Waals surface area (Å²) in [6, 6.07) is 1.93. The first kappa shape index (κ1) is 15.4. The molecule has 0 aromatic carbocycles. The zero-order valence-electron chi connectivity index (χ0n) is 12.4. The Balaban J connectivity index is 2.71. The van der Waals surface area contributed by atoms with E-state index >= 15 is 0 Å². The van der Waals surface area contributed by atoms with E-state index in [0.717, 1.165) is 17.3 Å². The molecule has 0 fully saturated rings. The number of aromatic nitrogens is 2. The van der Waals surface area contributed by atoms with Gasteiger partial charge in [0.05, 0.1) is 13.0 Å². The van der Waals surface area contributed by atoms with Crippen LogP contribution in [0.4, 0.5) is 5.82 Å². The van der Waals surface area contributed by atoms with Crippen molar-refractivity contribution in [1.82, 2.24) is 9.97 Å². The van der Waals surface area contributed by atoms with Crippen molar-refractivity contribution in [3.63, 3.8) is 0 Å². The Morgan fingerprint density at radius 1 is 1.42 bits per heavy atom. The summed E-state index contributed by atoms with van der Waals surface area (Å²) in [6.07, 6.45) is 0.365. The fourth-order valence-corrected chi connectivity index (χ4v) is 1.63. The van der Waals surface area contributed by atoms with E-state index in [9.17, 15) is 4.79 Å². The van der Waals surface area contributed by atoms with Gasteiger partial charge in [0.25, 0.3) is 0 Å². The lowest BCUT2D eigenvalue weighted by atomic mass is 10.2. The summed E-state index contributed by atoms with van der Waals surface area (Å²) >= 11 is 0. The van der Waals surface area contributed by atoms with Crippen molar-refractivity contribution in [2.24, 2.45) is 0 Å². The summed E-state index contributed by atoms with van der Waals surface area (Å²) < 4.78 is 4.92. The Hall–Kier alpha value is -1.65. The lowest BCUT2D eigenvalue weighted by Gasteiger charge is -2.19. The number of aryl methyl sites for hydroxylation is 1. The molecule has 0 saturated carbocycles. The van der Waals surface area contributed by atoms with Crippen molar-refractivity contribution in [3.8, 4) is 0 Å². The Morgan fingerprint density at radius 3 is 2.68 bits per heavy atom. The summed E-state index contributed by atoms with van der Waals surface area (Å²) in [7, 11) is 1.92. The molecule has 0 radical (unpaired) electrons. The number of esters is 1. The average molecular weight is 265 g/mol. The molecule has 19 heavy (non-hydrogen) atoms. The number of rotatable bonds is 6. The smallest absolute Gasteiger partial charge is 0.307 e. The molecule has 0 aliphatic carbocycles. The molecule has 1 heterocycles. The number of ether oxygens (including phenoxy) is 1. The van der Waals surface area contributed by atoms with Crippen LogP contribution in [0.2, 0.25) is 0 Å². The Kier molecular flexibility index (Phi) is 5.73. The monoisotopic (exact) mass is 265 g/mol. The molecule has 0 atom stereocenters. The maximum atomic E-state index is 11.3. The van der Waals surface area contributed by atoms with Crippen molar-refractivity contribution in [2.45, 2.75) is 40.0 Å². The fourth-order valence-electron chi connectivity index (χ4n) is 1.63. The van der Waals surface area contributed by atoms with Gasteiger partial charge in [0, 0.05) is 31.3 Å². The predicted molar refractivity (Wildman–Crippen MR) is 75.4 cm³/mol. The largest absolute Gasteiger partial charge is 0.466 e. The summed E-state index contributed by atoms with van der Waals surface area (Å²) in [4.78, 5) is 22.2. The van der Waals surface area contributed by atoms with E-state index in [0.29, 0.717) is 19.6 Å². The molecule has 1 aromatic rings. The Labute approximate surface area is 115 Å². The Morgan fingerprint density at radius 2 is 2.11 bits per heavy atom. The van der Waals surface area contributed by atoms with Crippen molar-refractivity contribution < 1.29 is 9.53 Å². The lowest BCUT2D eigenvalue weighted by Crippen LogP contribution is -2.23. The third kappa shape index (κ3) is 4.85. The molecule has 106 valence electrons. The van der Waals surface area contributed by atoms with Crippen LogP contribution in [-0.4, -0.2) is 36.1 Å². The second-order valence-electron chi connectivity index (χ2n) is 4.86. The maximum Gasteiger partial charge on any atom is 0.307 e. The van der Waals surface area contributed by atoms with Gasteiger partial charge in [-0.05, 0) is 13.8 Å². The molecule has 0 saturated heterocycles. The second-order valence-corrected chi connectivity index (χ2v) is 4.86. The van der Waals surface area contributed by atoms with Crippen LogP contribution in [0.3, 0.4) is 0 Å². The fraction of sp³-hybridized carbons (Fsp3) is 0.643. The van der Waals surface area contributed by atoms with Crippen LogP contribution in [0, 0.1) is 6.92 Å². The number of nitrogens with zero attached hydrogens (tertiary/aromatic N) is 3. The molecule has 0 aliphatic heterocycles. The number of carbonyl (C=O) groups excluding carboxylic acids is 1. The molecule has 1 aromatic heterocycles. The van der Waals surface area contributed by atoms with Gasteiger partial charge in [0.15, 0.2) is 0 Å². The summed E-state index contributed by atoms with van der Waals surface area (Å²) in [6.45, 7) is 8.91. The molecule has 0 aliphatic rings. The normalized spacial score (nSPS) is 10.6. The van der Waals surface area contributed by atoms with Crippen molar-refractivity contribution in [1.29, 1.82) is 0 Å². The molecule has 5 heteroatoms. The third-order valence-electron chi connectivity index (χ3n) is 2.72. The van der Waals surface area contributed by atoms with Gasteiger partial charge in [-0.25, -0.2) is 9.97 Å². The predicted octanol–water partition coefficient (Wildman–Crippen LogP) is 2.30. The van der Waals surface area contributed by atoms with Gasteiger partial charge in [0.2, 0.25) is 0 Å².